The second kappa shape index (κ2) is 2.97. The molecule has 0 aromatic heterocycles. The standard InChI is InChI=1S/C9H8N2O2/c1-13-6-2-3-7-8(4-6)10-5-9(12)11-7/h2-4H,5H2,1H3. The Morgan fingerprint density at radius 2 is 2.23 bits per heavy atom. The third-order valence-corrected chi connectivity index (χ3v) is 1.81. The number of nitrogens with zero attached hydrogens (tertiary/aromatic N) is 2. The molecular weight excluding hydrogens is 168 g/mol. The van der Waals surface area contributed by atoms with Gasteiger partial charge in [0.1, 0.15) is 12.3 Å². The SMILES string of the molecule is COc1ccc2c(c1)=NCC(=O)N=2. The second-order valence-electron chi connectivity index (χ2n) is 2.68. The minimum Gasteiger partial charge on any atom is -0.497 e. The van der Waals surface area contributed by atoms with Crippen molar-refractivity contribution in [2.24, 2.45) is 9.98 Å². The predicted molar refractivity (Wildman–Crippen MR) is 45.2 cm³/mol. The van der Waals surface area contributed by atoms with E-state index >= 15 is 0 Å². The first-order valence-corrected chi connectivity index (χ1v) is 3.90. The van der Waals surface area contributed by atoms with Crippen LogP contribution in [0, 0.1) is 0 Å². The molecule has 0 unspecified atom stereocenters. The fourth-order valence-electron chi connectivity index (χ4n) is 1.17. The van der Waals surface area contributed by atoms with E-state index < -0.39 is 0 Å². The lowest BCUT2D eigenvalue weighted by molar-refractivity contribution is -0.116. The second-order valence-corrected chi connectivity index (χ2v) is 2.68. The number of hydrogen-bond donors (Lipinski definition) is 0. The summed E-state index contributed by atoms with van der Waals surface area (Å²) >= 11 is 0. The van der Waals surface area contributed by atoms with Crippen molar-refractivity contribution in [2.45, 2.75) is 0 Å². The van der Waals surface area contributed by atoms with Crippen LogP contribution in [0.5, 0.6) is 5.75 Å². The van der Waals surface area contributed by atoms with Crippen molar-refractivity contribution >= 4 is 5.91 Å². The molecule has 0 spiro atoms. The maximum atomic E-state index is 10.9. The van der Waals surface area contributed by atoms with Crippen molar-refractivity contribution in [3.63, 3.8) is 0 Å². The van der Waals surface area contributed by atoms with Gasteiger partial charge in [0.25, 0.3) is 5.91 Å². The van der Waals surface area contributed by atoms with Crippen LogP contribution in [0.2, 0.25) is 0 Å². The molecule has 1 aromatic carbocycles. The molecule has 2 rings (SSSR count). The van der Waals surface area contributed by atoms with Crippen LogP contribution >= 0.6 is 0 Å². The fraction of sp³-hybridized carbons (Fsp3) is 0.222. The summed E-state index contributed by atoms with van der Waals surface area (Å²) in [5, 5.41) is 1.34. The maximum Gasteiger partial charge on any atom is 0.267 e. The van der Waals surface area contributed by atoms with Gasteiger partial charge in [-0.15, -0.1) is 0 Å². The summed E-state index contributed by atoms with van der Waals surface area (Å²) in [4.78, 5) is 18.8. The van der Waals surface area contributed by atoms with Gasteiger partial charge in [0.15, 0.2) is 0 Å². The minimum atomic E-state index is -0.197. The summed E-state index contributed by atoms with van der Waals surface area (Å²) in [6.45, 7) is 0.139. The zero-order chi connectivity index (χ0) is 9.26. The highest BCUT2D eigenvalue weighted by atomic mass is 16.5. The van der Waals surface area contributed by atoms with Gasteiger partial charge in [0, 0.05) is 6.07 Å². The molecule has 0 atom stereocenters. The first-order valence-electron chi connectivity index (χ1n) is 3.90. The number of hydrogen-bond acceptors (Lipinski definition) is 3. The molecule has 0 saturated heterocycles. The molecule has 66 valence electrons. The smallest absolute Gasteiger partial charge is 0.267 e. The van der Waals surface area contributed by atoms with E-state index in [1.54, 1.807) is 25.3 Å². The largest absolute Gasteiger partial charge is 0.497 e. The molecule has 0 fully saturated rings. The van der Waals surface area contributed by atoms with Crippen LogP contribution in [-0.2, 0) is 4.79 Å². The highest BCUT2D eigenvalue weighted by Gasteiger charge is 2.03. The molecule has 1 amide bonds. The molecule has 0 N–H and O–H groups in total. The van der Waals surface area contributed by atoms with Gasteiger partial charge >= 0.3 is 0 Å². The third kappa shape index (κ3) is 1.42. The number of rotatable bonds is 1. The topological polar surface area (TPSA) is 51.0 Å². The summed E-state index contributed by atoms with van der Waals surface area (Å²) in [5.41, 5.74) is 0. The Balaban J connectivity index is 2.67. The number of amides is 1. The molecule has 1 aliphatic heterocycles. The molecule has 13 heavy (non-hydrogen) atoms. The highest BCUT2D eigenvalue weighted by Crippen LogP contribution is 2.01. The Bertz CT molecular complexity index is 465. The summed E-state index contributed by atoms with van der Waals surface area (Å²) in [6, 6.07) is 5.26. The van der Waals surface area contributed by atoms with Crippen molar-refractivity contribution in [3.05, 3.63) is 28.9 Å². The monoisotopic (exact) mass is 176 g/mol. The molecule has 0 bridgehead atoms. The van der Waals surface area contributed by atoms with Crippen LogP contribution in [0.25, 0.3) is 0 Å². The molecular formula is C9H8N2O2. The molecule has 1 aliphatic rings. The van der Waals surface area contributed by atoms with E-state index in [-0.39, 0.29) is 12.5 Å². The molecule has 4 heteroatoms. The Labute approximate surface area is 74.6 Å². The van der Waals surface area contributed by atoms with E-state index in [2.05, 4.69) is 9.98 Å². The van der Waals surface area contributed by atoms with E-state index in [4.69, 9.17) is 4.74 Å². The molecule has 1 heterocycles. The van der Waals surface area contributed by atoms with Crippen molar-refractivity contribution in [3.8, 4) is 5.75 Å². The Morgan fingerprint density at radius 1 is 1.38 bits per heavy atom. The Kier molecular flexibility index (Phi) is 1.81. The van der Waals surface area contributed by atoms with Crippen LogP contribution in [0.3, 0.4) is 0 Å². The zero-order valence-electron chi connectivity index (χ0n) is 7.15. The highest BCUT2D eigenvalue weighted by molar-refractivity contribution is 5.79. The fourth-order valence-corrected chi connectivity index (χ4v) is 1.17. The molecule has 0 saturated carbocycles. The quantitative estimate of drug-likeness (QED) is 0.577. The summed E-state index contributed by atoms with van der Waals surface area (Å²) in [5.74, 6) is 0.532. The molecule has 0 aliphatic carbocycles. The van der Waals surface area contributed by atoms with Crippen LogP contribution in [0.1, 0.15) is 0 Å². The number of carbonyl (C=O) groups is 1. The number of methoxy groups -OCH3 is 1. The van der Waals surface area contributed by atoms with E-state index in [1.165, 1.54) is 0 Å². The Morgan fingerprint density at radius 3 is 3.00 bits per heavy atom. The minimum absolute atomic E-state index is 0.139. The van der Waals surface area contributed by atoms with Gasteiger partial charge in [-0.2, -0.15) is 0 Å². The average molecular weight is 176 g/mol. The Hall–Kier alpha value is -1.71. The van der Waals surface area contributed by atoms with Crippen molar-refractivity contribution in [1.82, 2.24) is 0 Å². The van der Waals surface area contributed by atoms with E-state index in [9.17, 15) is 4.79 Å². The first-order chi connectivity index (χ1) is 6.29. The summed E-state index contributed by atoms with van der Waals surface area (Å²) in [7, 11) is 1.59. The van der Waals surface area contributed by atoms with Crippen LogP contribution < -0.4 is 15.5 Å². The zero-order valence-corrected chi connectivity index (χ0v) is 7.15. The van der Waals surface area contributed by atoms with Crippen LogP contribution in [0.15, 0.2) is 28.2 Å². The van der Waals surface area contributed by atoms with Gasteiger partial charge in [-0.05, 0) is 12.1 Å². The summed E-state index contributed by atoms with van der Waals surface area (Å²) < 4.78 is 5.02. The van der Waals surface area contributed by atoms with Crippen LogP contribution in [0.4, 0.5) is 0 Å². The number of carbonyl (C=O) groups excluding carboxylic acids is 1. The first kappa shape index (κ1) is 7.91. The lowest BCUT2D eigenvalue weighted by atomic mass is 10.3. The lowest BCUT2D eigenvalue weighted by Crippen LogP contribution is -2.31. The van der Waals surface area contributed by atoms with Crippen molar-refractivity contribution < 1.29 is 9.53 Å². The average Bonchev–Trinajstić information content (AvgIpc) is 2.17. The number of fused-ring (bicyclic) bond motifs is 1. The predicted octanol–water partition coefficient (Wildman–Crippen LogP) is -0.525. The number of benzene rings is 1. The van der Waals surface area contributed by atoms with Gasteiger partial charge in [0.2, 0.25) is 0 Å². The normalized spacial score (nSPS) is 14.1. The lowest BCUT2D eigenvalue weighted by Gasteiger charge is -2.00. The summed E-state index contributed by atoms with van der Waals surface area (Å²) in [6.07, 6.45) is 0. The van der Waals surface area contributed by atoms with Gasteiger partial charge in [-0.25, -0.2) is 4.99 Å². The maximum absolute atomic E-state index is 10.9. The van der Waals surface area contributed by atoms with Crippen molar-refractivity contribution in [1.29, 1.82) is 0 Å². The molecule has 4 nitrogen and oxygen atoms in total. The third-order valence-electron chi connectivity index (χ3n) is 1.81. The van der Waals surface area contributed by atoms with E-state index in [0.29, 0.717) is 5.36 Å². The van der Waals surface area contributed by atoms with Gasteiger partial charge in [0.05, 0.1) is 17.8 Å². The molecule has 1 aromatic rings. The van der Waals surface area contributed by atoms with Crippen LogP contribution in [-0.4, -0.2) is 19.6 Å². The van der Waals surface area contributed by atoms with E-state index in [0.717, 1.165) is 11.1 Å². The van der Waals surface area contributed by atoms with Gasteiger partial charge in [-0.3, -0.25) is 9.79 Å². The van der Waals surface area contributed by atoms with Gasteiger partial charge in [-0.1, -0.05) is 0 Å². The molecule has 0 radical (unpaired) electrons. The van der Waals surface area contributed by atoms with E-state index in [1.807, 2.05) is 0 Å². The number of ether oxygens (including phenoxy) is 1. The van der Waals surface area contributed by atoms with Crippen molar-refractivity contribution in [2.75, 3.05) is 13.7 Å². The van der Waals surface area contributed by atoms with Gasteiger partial charge < -0.3 is 4.74 Å².